The fourth-order valence-corrected chi connectivity index (χ4v) is 3.80. The van der Waals surface area contributed by atoms with Crippen molar-refractivity contribution in [1.82, 2.24) is 10.3 Å². The molecule has 0 aliphatic carbocycles. The molecule has 0 aromatic heterocycles. The molecule has 0 radical (unpaired) electrons. The molecule has 1 aliphatic rings. The van der Waals surface area contributed by atoms with E-state index < -0.39 is 5.37 Å². The zero-order chi connectivity index (χ0) is 20.1. The number of hydrogen-bond acceptors (Lipinski definition) is 6. The minimum absolute atomic E-state index is 0.221. The smallest absolute Gasteiger partial charge is 0.241 e. The van der Waals surface area contributed by atoms with Gasteiger partial charge >= 0.3 is 0 Å². The highest BCUT2D eigenvalue weighted by molar-refractivity contribution is 8.14. The van der Waals surface area contributed by atoms with Gasteiger partial charge in [0, 0.05) is 13.8 Å². The second-order valence-corrected chi connectivity index (χ2v) is 7.17. The Morgan fingerprint density at radius 2 is 1.89 bits per heavy atom. The van der Waals surface area contributed by atoms with E-state index in [0.29, 0.717) is 23.3 Å². The van der Waals surface area contributed by atoms with Crippen LogP contribution in [0.3, 0.4) is 0 Å². The molecular formula is C20H21N3O4S. The Morgan fingerprint density at radius 3 is 2.54 bits per heavy atom. The number of carbonyl (C=O) groups excluding carboxylic acids is 2. The van der Waals surface area contributed by atoms with Crippen molar-refractivity contribution in [2.75, 3.05) is 7.11 Å². The SMILES string of the molecule is COc1cc([C@H]2SC(NC(C)=O)=NN2C(C)=O)ccc1OCc1ccccc1. The number of nitrogens with zero attached hydrogens (tertiary/aromatic N) is 2. The van der Waals surface area contributed by atoms with Gasteiger partial charge in [0.2, 0.25) is 11.8 Å². The second kappa shape index (κ2) is 8.79. The maximum Gasteiger partial charge on any atom is 0.241 e. The number of methoxy groups -OCH3 is 1. The molecule has 0 saturated heterocycles. The highest BCUT2D eigenvalue weighted by atomic mass is 32.2. The largest absolute Gasteiger partial charge is 0.493 e. The summed E-state index contributed by atoms with van der Waals surface area (Å²) in [6.45, 7) is 3.25. The van der Waals surface area contributed by atoms with Crippen molar-refractivity contribution in [2.45, 2.75) is 25.8 Å². The third kappa shape index (κ3) is 4.64. The lowest BCUT2D eigenvalue weighted by Crippen LogP contribution is -2.25. The number of carbonyl (C=O) groups is 2. The van der Waals surface area contributed by atoms with Crippen LogP contribution in [0.4, 0.5) is 0 Å². The van der Waals surface area contributed by atoms with Gasteiger partial charge in [-0.2, -0.15) is 0 Å². The molecule has 8 heteroatoms. The van der Waals surface area contributed by atoms with Crippen molar-refractivity contribution in [3.8, 4) is 11.5 Å². The van der Waals surface area contributed by atoms with E-state index in [9.17, 15) is 9.59 Å². The molecule has 1 atom stereocenters. The molecule has 0 saturated carbocycles. The maximum absolute atomic E-state index is 12.0. The van der Waals surface area contributed by atoms with Crippen LogP contribution in [0.2, 0.25) is 0 Å². The maximum atomic E-state index is 12.0. The molecule has 146 valence electrons. The fourth-order valence-electron chi connectivity index (χ4n) is 2.67. The van der Waals surface area contributed by atoms with Gasteiger partial charge in [0.15, 0.2) is 16.7 Å². The van der Waals surface area contributed by atoms with E-state index >= 15 is 0 Å². The van der Waals surface area contributed by atoms with Crippen LogP contribution in [0.15, 0.2) is 53.6 Å². The predicted octanol–water partition coefficient (Wildman–Crippen LogP) is 3.28. The number of hydrazone groups is 1. The van der Waals surface area contributed by atoms with Crippen LogP contribution < -0.4 is 14.8 Å². The molecule has 2 aromatic carbocycles. The van der Waals surface area contributed by atoms with Gasteiger partial charge in [-0.15, -0.1) is 5.10 Å². The lowest BCUT2D eigenvalue weighted by molar-refractivity contribution is -0.129. The van der Waals surface area contributed by atoms with Crippen molar-refractivity contribution in [3.05, 3.63) is 59.7 Å². The molecular weight excluding hydrogens is 378 g/mol. The number of thioether (sulfide) groups is 1. The summed E-state index contributed by atoms with van der Waals surface area (Å²) < 4.78 is 11.4. The number of nitrogens with one attached hydrogen (secondary N) is 1. The van der Waals surface area contributed by atoms with Crippen LogP contribution in [-0.4, -0.2) is 29.1 Å². The van der Waals surface area contributed by atoms with E-state index in [4.69, 9.17) is 9.47 Å². The monoisotopic (exact) mass is 399 g/mol. The summed E-state index contributed by atoms with van der Waals surface area (Å²) in [6.07, 6.45) is 0. The lowest BCUT2D eigenvalue weighted by Gasteiger charge is -2.20. The van der Waals surface area contributed by atoms with Gasteiger partial charge in [0.1, 0.15) is 12.0 Å². The Kier molecular flexibility index (Phi) is 6.20. The zero-order valence-electron chi connectivity index (χ0n) is 15.8. The van der Waals surface area contributed by atoms with Gasteiger partial charge in [-0.1, -0.05) is 48.2 Å². The Hall–Kier alpha value is -3.00. The van der Waals surface area contributed by atoms with Crippen LogP contribution in [-0.2, 0) is 16.2 Å². The summed E-state index contributed by atoms with van der Waals surface area (Å²) in [5, 5.41) is 8.16. The molecule has 0 fully saturated rings. The molecule has 28 heavy (non-hydrogen) atoms. The van der Waals surface area contributed by atoms with Gasteiger partial charge in [-0.25, -0.2) is 5.01 Å². The molecule has 2 amide bonds. The van der Waals surface area contributed by atoms with Crippen molar-refractivity contribution in [2.24, 2.45) is 5.10 Å². The molecule has 1 N–H and O–H groups in total. The molecule has 0 spiro atoms. The number of amides is 2. The number of rotatable bonds is 5. The first-order valence-corrected chi connectivity index (χ1v) is 9.53. The topological polar surface area (TPSA) is 80.2 Å². The molecule has 0 unspecified atom stereocenters. The summed E-state index contributed by atoms with van der Waals surface area (Å²) in [5.74, 6) is 0.708. The number of ether oxygens (including phenoxy) is 2. The quantitative estimate of drug-likeness (QED) is 0.835. The van der Waals surface area contributed by atoms with Gasteiger partial charge < -0.3 is 14.8 Å². The van der Waals surface area contributed by atoms with Gasteiger partial charge in [-0.05, 0) is 23.3 Å². The first kappa shape index (κ1) is 19.8. The summed E-state index contributed by atoms with van der Waals surface area (Å²) >= 11 is 1.29. The Balaban J connectivity index is 1.79. The first-order valence-electron chi connectivity index (χ1n) is 8.65. The molecule has 2 aromatic rings. The average Bonchev–Trinajstić information content (AvgIpc) is 3.10. The van der Waals surface area contributed by atoms with Crippen LogP contribution >= 0.6 is 11.8 Å². The minimum Gasteiger partial charge on any atom is -0.493 e. The summed E-state index contributed by atoms with van der Waals surface area (Å²) in [4.78, 5) is 23.3. The van der Waals surface area contributed by atoms with E-state index in [2.05, 4.69) is 10.4 Å². The standard InChI is InChI=1S/C20H21N3O4S/c1-13(24)21-20-22-23(14(2)25)19(28-20)16-9-10-17(18(11-16)26-3)27-12-15-7-5-4-6-8-15/h4-11,19H,12H2,1-3H3,(H,21,22,24)/t19-/m1/s1. The summed E-state index contributed by atoms with van der Waals surface area (Å²) in [7, 11) is 1.57. The summed E-state index contributed by atoms with van der Waals surface area (Å²) in [6, 6.07) is 15.3. The van der Waals surface area contributed by atoms with Crippen LogP contribution in [0.1, 0.15) is 30.3 Å². The van der Waals surface area contributed by atoms with Crippen LogP contribution in [0.5, 0.6) is 11.5 Å². The third-order valence-electron chi connectivity index (χ3n) is 3.96. The van der Waals surface area contributed by atoms with Gasteiger partial charge in [-0.3, -0.25) is 9.59 Å². The van der Waals surface area contributed by atoms with E-state index in [-0.39, 0.29) is 11.8 Å². The lowest BCUT2D eigenvalue weighted by atomic mass is 10.2. The van der Waals surface area contributed by atoms with E-state index in [1.54, 1.807) is 7.11 Å². The fraction of sp³-hybridized carbons (Fsp3) is 0.250. The molecule has 7 nitrogen and oxygen atoms in total. The highest BCUT2D eigenvalue weighted by Crippen LogP contribution is 2.41. The Morgan fingerprint density at radius 1 is 1.14 bits per heavy atom. The third-order valence-corrected chi connectivity index (χ3v) is 5.06. The molecule has 1 heterocycles. The molecule has 1 aliphatic heterocycles. The molecule has 3 rings (SSSR count). The van der Waals surface area contributed by atoms with E-state index in [1.807, 2.05) is 48.5 Å². The Bertz CT molecular complexity index is 902. The Labute approximate surface area is 167 Å². The minimum atomic E-state index is -0.392. The summed E-state index contributed by atoms with van der Waals surface area (Å²) in [5.41, 5.74) is 1.87. The normalized spacial score (nSPS) is 15.8. The van der Waals surface area contributed by atoms with Gasteiger partial charge in [0.25, 0.3) is 0 Å². The zero-order valence-corrected chi connectivity index (χ0v) is 16.7. The number of benzene rings is 2. The highest BCUT2D eigenvalue weighted by Gasteiger charge is 2.32. The van der Waals surface area contributed by atoms with Gasteiger partial charge in [0.05, 0.1) is 7.11 Å². The molecule has 0 bridgehead atoms. The predicted molar refractivity (Wildman–Crippen MR) is 108 cm³/mol. The second-order valence-electron chi connectivity index (χ2n) is 6.10. The first-order chi connectivity index (χ1) is 13.5. The average molecular weight is 399 g/mol. The van der Waals surface area contributed by atoms with Crippen molar-refractivity contribution in [1.29, 1.82) is 0 Å². The number of hydrogen-bond donors (Lipinski definition) is 1. The van der Waals surface area contributed by atoms with E-state index in [1.165, 1.54) is 30.6 Å². The van der Waals surface area contributed by atoms with E-state index in [0.717, 1.165) is 11.1 Å². The van der Waals surface area contributed by atoms with Crippen molar-refractivity contribution >= 4 is 28.7 Å². The van der Waals surface area contributed by atoms with Crippen molar-refractivity contribution < 1.29 is 19.1 Å². The number of amidine groups is 1. The van der Waals surface area contributed by atoms with Crippen LogP contribution in [0, 0.1) is 0 Å². The van der Waals surface area contributed by atoms with Crippen LogP contribution in [0.25, 0.3) is 0 Å². The van der Waals surface area contributed by atoms with Crippen molar-refractivity contribution in [3.63, 3.8) is 0 Å².